The molecule has 0 radical (unpaired) electrons. The molecule has 4 aromatic rings. The molecule has 0 saturated heterocycles. The lowest BCUT2D eigenvalue weighted by Gasteiger charge is -2.07. The Morgan fingerprint density at radius 3 is 2.88 bits per heavy atom. The van der Waals surface area contributed by atoms with Gasteiger partial charge in [0, 0.05) is 15.8 Å². The van der Waals surface area contributed by atoms with Crippen molar-refractivity contribution >= 4 is 33.3 Å². The molecular formula is C19H16N4OS2. The van der Waals surface area contributed by atoms with Crippen LogP contribution >= 0.6 is 23.1 Å². The molecule has 0 saturated carbocycles. The molecule has 0 N–H and O–H groups in total. The molecule has 1 atom stereocenters. The Bertz CT molecular complexity index is 1070. The predicted molar refractivity (Wildman–Crippen MR) is 103 cm³/mol. The number of fused-ring (bicyclic) bond motifs is 3. The van der Waals surface area contributed by atoms with Crippen LogP contribution in [0.25, 0.3) is 21.7 Å². The summed E-state index contributed by atoms with van der Waals surface area (Å²) in [5, 5.41) is 10.7. The Morgan fingerprint density at radius 1 is 1.12 bits per heavy atom. The molecule has 7 heteroatoms. The fourth-order valence-electron chi connectivity index (χ4n) is 3.30. The van der Waals surface area contributed by atoms with Gasteiger partial charge in [-0.15, -0.1) is 21.5 Å². The van der Waals surface area contributed by atoms with Gasteiger partial charge in [-0.05, 0) is 43.9 Å². The molecule has 1 aliphatic rings. The van der Waals surface area contributed by atoms with E-state index in [1.165, 1.54) is 28.7 Å². The molecule has 130 valence electrons. The van der Waals surface area contributed by atoms with E-state index >= 15 is 0 Å². The Morgan fingerprint density at radius 2 is 2.00 bits per heavy atom. The molecular weight excluding hydrogens is 364 g/mol. The van der Waals surface area contributed by atoms with Crippen molar-refractivity contribution in [3.05, 3.63) is 53.0 Å². The van der Waals surface area contributed by atoms with Crippen LogP contribution in [0.2, 0.25) is 0 Å². The van der Waals surface area contributed by atoms with Crippen LogP contribution in [0.4, 0.5) is 0 Å². The number of nitrogens with zero attached hydrogens (tertiary/aromatic N) is 4. The monoisotopic (exact) mass is 380 g/mol. The van der Waals surface area contributed by atoms with Gasteiger partial charge < -0.3 is 4.42 Å². The molecule has 3 aromatic heterocycles. The maximum absolute atomic E-state index is 5.91. The maximum Gasteiger partial charge on any atom is 0.247 e. The summed E-state index contributed by atoms with van der Waals surface area (Å²) >= 11 is 3.47. The van der Waals surface area contributed by atoms with Crippen molar-refractivity contribution in [2.45, 2.75) is 36.5 Å². The number of thioether (sulfide) groups is 1. The molecule has 3 heterocycles. The summed E-state index contributed by atoms with van der Waals surface area (Å²) < 4.78 is 5.91. The molecule has 0 fully saturated rings. The third kappa shape index (κ3) is 2.71. The lowest BCUT2D eigenvalue weighted by molar-refractivity contribution is 0.509. The van der Waals surface area contributed by atoms with E-state index in [9.17, 15) is 0 Å². The second-order valence-corrected chi connectivity index (χ2v) is 8.70. The number of rotatable bonds is 4. The molecule has 5 rings (SSSR count). The zero-order valence-electron chi connectivity index (χ0n) is 14.2. The lowest BCUT2D eigenvalue weighted by Crippen LogP contribution is -1.92. The number of hydrogen-bond donors (Lipinski definition) is 0. The van der Waals surface area contributed by atoms with Crippen molar-refractivity contribution in [2.24, 2.45) is 0 Å². The summed E-state index contributed by atoms with van der Waals surface area (Å²) in [5.41, 5.74) is 2.37. The second-order valence-electron chi connectivity index (χ2n) is 6.29. The Kier molecular flexibility index (Phi) is 3.98. The first-order valence-electron chi connectivity index (χ1n) is 8.60. The van der Waals surface area contributed by atoms with E-state index < -0.39 is 0 Å². The van der Waals surface area contributed by atoms with Crippen molar-refractivity contribution < 1.29 is 4.42 Å². The van der Waals surface area contributed by atoms with Gasteiger partial charge in [-0.2, -0.15) is 0 Å². The molecule has 5 nitrogen and oxygen atoms in total. The van der Waals surface area contributed by atoms with Crippen LogP contribution < -0.4 is 0 Å². The standard InChI is InChI=1S/C19H16N4OS2/c1-11(16-22-23-17(24-16)12-6-3-2-4-7-12)25-18-15-13-8-5-9-14(13)26-19(15)21-10-20-18/h2-4,6-7,10-11H,5,8-9H2,1H3/t11-/m1/s1. The molecule has 0 spiro atoms. The van der Waals surface area contributed by atoms with E-state index in [2.05, 4.69) is 27.1 Å². The molecule has 0 unspecified atom stereocenters. The van der Waals surface area contributed by atoms with Crippen molar-refractivity contribution in [3.8, 4) is 11.5 Å². The SMILES string of the molecule is C[C@@H](Sc1ncnc2sc3c(c12)CCC3)c1nnc(-c2ccccc2)o1. The van der Waals surface area contributed by atoms with Crippen LogP contribution in [0.1, 0.15) is 34.9 Å². The van der Waals surface area contributed by atoms with E-state index in [0.717, 1.165) is 21.8 Å². The van der Waals surface area contributed by atoms with Gasteiger partial charge in [0.1, 0.15) is 16.2 Å². The van der Waals surface area contributed by atoms with Crippen LogP contribution in [0.3, 0.4) is 0 Å². The third-order valence-corrected chi connectivity index (χ3v) is 6.85. The topological polar surface area (TPSA) is 64.7 Å². The fraction of sp³-hybridized carbons (Fsp3) is 0.263. The first-order chi connectivity index (χ1) is 12.8. The van der Waals surface area contributed by atoms with Gasteiger partial charge in [0.05, 0.1) is 5.25 Å². The van der Waals surface area contributed by atoms with E-state index in [1.54, 1.807) is 18.1 Å². The van der Waals surface area contributed by atoms with Gasteiger partial charge in [-0.3, -0.25) is 0 Å². The summed E-state index contributed by atoms with van der Waals surface area (Å²) in [6.07, 6.45) is 5.19. The van der Waals surface area contributed by atoms with Crippen molar-refractivity contribution in [1.29, 1.82) is 0 Å². The van der Waals surface area contributed by atoms with Gasteiger partial charge in [0.2, 0.25) is 11.8 Å². The number of hydrogen-bond acceptors (Lipinski definition) is 7. The van der Waals surface area contributed by atoms with E-state index in [-0.39, 0.29) is 5.25 Å². The minimum absolute atomic E-state index is 0.0232. The van der Waals surface area contributed by atoms with Crippen LogP contribution in [0, 0.1) is 0 Å². The lowest BCUT2D eigenvalue weighted by atomic mass is 10.2. The smallest absolute Gasteiger partial charge is 0.247 e. The summed E-state index contributed by atoms with van der Waals surface area (Å²) in [6.45, 7) is 2.08. The van der Waals surface area contributed by atoms with Gasteiger partial charge >= 0.3 is 0 Å². The van der Waals surface area contributed by atoms with Crippen molar-refractivity contribution in [1.82, 2.24) is 20.2 Å². The first kappa shape index (κ1) is 16.0. The molecule has 0 aliphatic heterocycles. The average Bonchev–Trinajstić information content (AvgIpc) is 3.38. The number of aromatic nitrogens is 4. The van der Waals surface area contributed by atoms with E-state index in [0.29, 0.717) is 11.8 Å². The normalized spacial score (nSPS) is 14.7. The molecule has 0 bridgehead atoms. The van der Waals surface area contributed by atoms with E-state index in [4.69, 9.17) is 4.42 Å². The molecule has 1 aromatic carbocycles. The summed E-state index contributed by atoms with van der Waals surface area (Å²) in [7, 11) is 0. The minimum atomic E-state index is 0.0232. The zero-order valence-corrected chi connectivity index (χ0v) is 15.8. The maximum atomic E-state index is 5.91. The molecule has 26 heavy (non-hydrogen) atoms. The quantitative estimate of drug-likeness (QED) is 0.363. The van der Waals surface area contributed by atoms with Crippen LogP contribution in [-0.4, -0.2) is 20.2 Å². The molecule has 1 aliphatic carbocycles. The third-order valence-electron chi connectivity index (χ3n) is 4.56. The summed E-state index contributed by atoms with van der Waals surface area (Å²) in [5.74, 6) is 1.17. The Labute approximate surface area is 158 Å². The number of thiophene rings is 1. The van der Waals surface area contributed by atoms with Gasteiger partial charge in [-0.25, -0.2) is 9.97 Å². The minimum Gasteiger partial charge on any atom is -0.419 e. The first-order valence-corrected chi connectivity index (χ1v) is 10.3. The van der Waals surface area contributed by atoms with Gasteiger partial charge in [0.25, 0.3) is 0 Å². The van der Waals surface area contributed by atoms with Gasteiger partial charge in [-0.1, -0.05) is 30.0 Å². The van der Waals surface area contributed by atoms with Crippen molar-refractivity contribution in [3.63, 3.8) is 0 Å². The zero-order chi connectivity index (χ0) is 17.5. The Hall–Kier alpha value is -2.25. The summed E-state index contributed by atoms with van der Waals surface area (Å²) in [6, 6.07) is 9.84. The van der Waals surface area contributed by atoms with Crippen molar-refractivity contribution in [2.75, 3.05) is 0 Å². The molecule has 0 amide bonds. The average molecular weight is 380 g/mol. The van der Waals surface area contributed by atoms with Crippen LogP contribution in [-0.2, 0) is 12.8 Å². The highest BCUT2D eigenvalue weighted by Gasteiger charge is 2.24. The highest BCUT2D eigenvalue weighted by Crippen LogP contribution is 2.43. The van der Waals surface area contributed by atoms with Crippen LogP contribution in [0.15, 0.2) is 46.1 Å². The Balaban J connectivity index is 1.45. The highest BCUT2D eigenvalue weighted by atomic mass is 32.2. The predicted octanol–water partition coefficient (Wildman–Crippen LogP) is 5.08. The number of aryl methyl sites for hydroxylation is 2. The van der Waals surface area contributed by atoms with Crippen LogP contribution in [0.5, 0.6) is 0 Å². The fourth-order valence-corrected chi connectivity index (χ4v) is 5.57. The van der Waals surface area contributed by atoms with E-state index in [1.807, 2.05) is 41.7 Å². The highest BCUT2D eigenvalue weighted by molar-refractivity contribution is 7.99. The number of benzene rings is 1. The van der Waals surface area contributed by atoms with Gasteiger partial charge in [0.15, 0.2) is 0 Å². The largest absolute Gasteiger partial charge is 0.419 e. The second kappa shape index (κ2) is 6.48. The summed E-state index contributed by atoms with van der Waals surface area (Å²) in [4.78, 5) is 11.6.